The number of halogens is 1. The van der Waals surface area contributed by atoms with E-state index < -0.39 is 10.0 Å². The first kappa shape index (κ1) is 16.0. The van der Waals surface area contributed by atoms with Crippen LogP contribution in [0.15, 0.2) is 41.1 Å². The molecule has 1 aromatic heterocycles. The highest BCUT2D eigenvalue weighted by molar-refractivity contribution is 7.88. The molecule has 3 rings (SSSR count). The summed E-state index contributed by atoms with van der Waals surface area (Å²) in [7, 11) is -3.30. The SMILES string of the molecule is O=S(=O)(Cc1ccccc1Cl)N1CCC(c2ccsc2)CC1. The normalized spacial score (nSPS) is 17.7. The maximum absolute atomic E-state index is 12.6. The fraction of sp³-hybridized carbons (Fsp3) is 0.375. The second kappa shape index (κ2) is 6.71. The van der Waals surface area contributed by atoms with Gasteiger partial charge in [0.15, 0.2) is 0 Å². The van der Waals surface area contributed by atoms with Crippen molar-refractivity contribution in [1.29, 1.82) is 0 Å². The third-order valence-electron chi connectivity index (χ3n) is 4.16. The summed E-state index contributed by atoms with van der Waals surface area (Å²) in [5, 5.41) is 4.76. The van der Waals surface area contributed by atoms with Crippen LogP contribution in [-0.4, -0.2) is 25.8 Å². The van der Waals surface area contributed by atoms with Gasteiger partial charge in [-0.1, -0.05) is 29.8 Å². The first-order valence-electron chi connectivity index (χ1n) is 7.29. The van der Waals surface area contributed by atoms with Gasteiger partial charge in [-0.25, -0.2) is 12.7 Å². The van der Waals surface area contributed by atoms with Crippen molar-refractivity contribution >= 4 is 33.0 Å². The number of benzene rings is 1. The summed E-state index contributed by atoms with van der Waals surface area (Å²) in [5.74, 6) is 0.466. The fourth-order valence-corrected chi connectivity index (χ4v) is 5.50. The zero-order valence-electron chi connectivity index (χ0n) is 12.1. The molecular formula is C16H18ClNO2S2. The molecular weight excluding hydrogens is 338 g/mol. The molecule has 0 N–H and O–H groups in total. The van der Waals surface area contributed by atoms with E-state index in [0.29, 0.717) is 29.6 Å². The molecule has 0 atom stereocenters. The number of hydrogen-bond donors (Lipinski definition) is 0. The third kappa shape index (κ3) is 3.54. The van der Waals surface area contributed by atoms with Gasteiger partial charge in [0.1, 0.15) is 0 Å². The summed E-state index contributed by atoms with van der Waals surface area (Å²) >= 11 is 7.77. The number of piperidine rings is 1. The van der Waals surface area contributed by atoms with Gasteiger partial charge in [0.25, 0.3) is 0 Å². The summed E-state index contributed by atoms with van der Waals surface area (Å²) in [5.41, 5.74) is 2.01. The molecule has 1 saturated heterocycles. The maximum atomic E-state index is 12.6. The number of rotatable bonds is 4. The predicted molar refractivity (Wildman–Crippen MR) is 91.9 cm³/mol. The molecule has 3 nitrogen and oxygen atoms in total. The monoisotopic (exact) mass is 355 g/mol. The van der Waals surface area contributed by atoms with Crippen molar-refractivity contribution in [1.82, 2.24) is 4.31 Å². The van der Waals surface area contributed by atoms with Crippen LogP contribution in [0, 0.1) is 0 Å². The Balaban J connectivity index is 1.66. The smallest absolute Gasteiger partial charge is 0.212 e. The lowest BCUT2D eigenvalue weighted by Crippen LogP contribution is -2.38. The van der Waals surface area contributed by atoms with Crippen LogP contribution >= 0.6 is 22.9 Å². The minimum absolute atomic E-state index is 0.0181. The Kier molecular flexibility index (Phi) is 4.88. The Morgan fingerprint density at radius 2 is 1.91 bits per heavy atom. The molecule has 1 aliphatic heterocycles. The molecule has 2 heterocycles. The number of thiophene rings is 1. The summed E-state index contributed by atoms with van der Waals surface area (Å²) in [6.45, 7) is 1.18. The van der Waals surface area contributed by atoms with Crippen LogP contribution in [0.4, 0.5) is 0 Å². The molecule has 1 aromatic carbocycles. The van der Waals surface area contributed by atoms with Gasteiger partial charge in [-0.05, 0) is 52.8 Å². The molecule has 0 spiro atoms. The Bertz CT molecular complexity index is 720. The quantitative estimate of drug-likeness (QED) is 0.827. The molecule has 0 unspecified atom stereocenters. The highest BCUT2D eigenvalue weighted by Gasteiger charge is 2.29. The predicted octanol–water partition coefficient (Wildman–Crippen LogP) is 4.11. The van der Waals surface area contributed by atoms with E-state index >= 15 is 0 Å². The van der Waals surface area contributed by atoms with Crippen molar-refractivity contribution in [3.05, 3.63) is 57.2 Å². The zero-order valence-corrected chi connectivity index (χ0v) is 14.5. The highest BCUT2D eigenvalue weighted by atomic mass is 35.5. The van der Waals surface area contributed by atoms with Crippen molar-refractivity contribution in [2.24, 2.45) is 0 Å². The summed E-state index contributed by atoms with van der Waals surface area (Å²) in [6, 6.07) is 9.28. The van der Waals surface area contributed by atoms with Gasteiger partial charge in [0, 0.05) is 18.1 Å². The molecule has 0 aliphatic carbocycles. The van der Waals surface area contributed by atoms with E-state index in [1.54, 1.807) is 27.8 Å². The van der Waals surface area contributed by atoms with E-state index in [0.717, 1.165) is 12.8 Å². The van der Waals surface area contributed by atoms with Gasteiger partial charge in [-0.3, -0.25) is 0 Å². The van der Waals surface area contributed by atoms with Crippen LogP contribution in [0.25, 0.3) is 0 Å². The lowest BCUT2D eigenvalue weighted by Gasteiger charge is -2.31. The Morgan fingerprint density at radius 1 is 1.18 bits per heavy atom. The average Bonchev–Trinajstić information content (AvgIpc) is 3.04. The number of hydrogen-bond acceptors (Lipinski definition) is 3. The first-order valence-corrected chi connectivity index (χ1v) is 10.2. The largest absolute Gasteiger partial charge is 0.218 e. The van der Waals surface area contributed by atoms with Crippen LogP contribution in [0.2, 0.25) is 5.02 Å². The minimum Gasteiger partial charge on any atom is -0.212 e. The van der Waals surface area contributed by atoms with Crippen LogP contribution in [-0.2, 0) is 15.8 Å². The zero-order chi connectivity index (χ0) is 15.6. The van der Waals surface area contributed by atoms with Crippen molar-refractivity contribution in [3.63, 3.8) is 0 Å². The second-order valence-corrected chi connectivity index (χ2v) is 8.73. The van der Waals surface area contributed by atoms with E-state index in [9.17, 15) is 8.42 Å². The van der Waals surface area contributed by atoms with Gasteiger partial charge in [0.05, 0.1) is 5.75 Å². The standard InChI is InChI=1S/C16H18ClNO2S2/c17-16-4-2-1-3-15(16)12-22(19,20)18-8-5-13(6-9-18)14-7-10-21-11-14/h1-4,7,10-11,13H,5-6,8-9,12H2. The van der Waals surface area contributed by atoms with Crippen LogP contribution in [0.3, 0.4) is 0 Å². The second-order valence-electron chi connectivity index (χ2n) is 5.58. The minimum atomic E-state index is -3.30. The average molecular weight is 356 g/mol. The molecule has 1 aliphatic rings. The van der Waals surface area contributed by atoms with Gasteiger partial charge < -0.3 is 0 Å². The van der Waals surface area contributed by atoms with E-state index in [1.165, 1.54) is 5.56 Å². The van der Waals surface area contributed by atoms with E-state index in [-0.39, 0.29) is 5.75 Å². The molecule has 0 radical (unpaired) electrons. The Morgan fingerprint density at radius 3 is 2.55 bits per heavy atom. The van der Waals surface area contributed by atoms with Crippen molar-refractivity contribution in [3.8, 4) is 0 Å². The molecule has 2 aromatic rings. The Labute approximate surface area is 140 Å². The molecule has 1 fully saturated rings. The number of sulfonamides is 1. The highest BCUT2D eigenvalue weighted by Crippen LogP contribution is 2.31. The maximum Gasteiger partial charge on any atom is 0.218 e. The fourth-order valence-electron chi connectivity index (χ4n) is 2.88. The van der Waals surface area contributed by atoms with Crippen LogP contribution in [0.1, 0.15) is 29.9 Å². The molecule has 118 valence electrons. The molecule has 22 heavy (non-hydrogen) atoms. The molecule has 0 amide bonds. The van der Waals surface area contributed by atoms with Crippen molar-refractivity contribution in [2.45, 2.75) is 24.5 Å². The summed E-state index contributed by atoms with van der Waals surface area (Å²) in [4.78, 5) is 0. The van der Waals surface area contributed by atoms with Gasteiger partial charge in [-0.15, -0.1) is 0 Å². The Hall–Kier alpha value is -0.880. The van der Waals surface area contributed by atoms with Gasteiger partial charge in [-0.2, -0.15) is 11.3 Å². The van der Waals surface area contributed by atoms with Crippen LogP contribution < -0.4 is 0 Å². The van der Waals surface area contributed by atoms with Gasteiger partial charge in [0.2, 0.25) is 10.0 Å². The first-order chi connectivity index (χ1) is 10.6. The summed E-state index contributed by atoms with van der Waals surface area (Å²) in [6.07, 6.45) is 1.77. The number of nitrogens with zero attached hydrogens (tertiary/aromatic N) is 1. The topological polar surface area (TPSA) is 37.4 Å². The van der Waals surface area contributed by atoms with Crippen molar-refractivity contribution < 1.29 is 8.42 Å². The summed E-state index contributed by atoms with van der Waals surface area (Å²) < 4.78 is 26.7. The van der Waals surface area contributed by atoms with E-state index in [1.807, 2.05) is 12.1 Å². The van der Waals surface area contributed by atoms with Crippen molar-refractivity contribution in [2.75, 3.05) is 13.1 Å². The van der Waals surface area contributed by atoms with Crippen LogP contribution in [0.5, 0.6) is 0 Å². The third-order valence-corrected chi connectivity index (χ3v) is 7.06. The van der Waals surface area contributed by atoms with Gasteiger partial charge >= 0.3 is 0 Å². The lowest BCUT2D eigenvalue weighted by molar-refractivity contribution is 0.319. The lowest BCUT2D eigenvalue weighted by atomic mass is 9.92. The molecule has 0 bridgehead atoms. The van der Waals surface area contributed by atoms with E-state index in [4.69, 9.17) is 11.6 Å². The molecule has 0 saturated carbocycles. The van der Waals surface area contributed by atoms with E-state index in [2.05, 4.69) is 16.8 Å². The molecule has 6 heteroatoms.